The van der Waals surface area contributed by atoms with Crippen molar-refractivity contribution in [3.63, 3.8) is 0 Å². The first-order valence-corrected chi connectivity index (χ1v) is 12.2. The Bertz CT molecular complexity index is 1100. The van der Waals surface area contributed by atoms with Crippen LogP contribution in [0, 0.1) is 0 Å². The number of thioether (sulfide) groups is 1. The number of aromatic nitrogens is 6. The fourth-order valence-corrected chi connectivity index (χ4v) is 6.41. The van der Waals surface area contributed by atoms with Gasteiger partial charge in [0, 0.05) is 62.9 Å². The molecule has 6 heterocycles. The highest BCUT2D eigenvalue weighted by Crippen LogP contribution is 2.45. The van der Waals surface area contributed by atoms with E-state index in [0.29, 0.717) is 12.1 Å². The third-order valence-electron chi connectivity index (χ3n) is 6.75. The van der Waals surface area contributed by atoms with Crippen molar-refractivity contribution < 1.29 is 0 Å². The van der Waals surface area contributed by atoms with Crippen molar-refractivity contribution in [1.29, 1.82) is 0 Å². The molecule has 0 spiro atoms. The number of hydrogen-bond acceptors (Lipinski definition) is 7. The van der Waals surface area contributed by atoms with Gasteiger partial charge < -0.3 is 9.80 Å². The Labute approximate surface area is 186 Å². The summed E-state index contributed by atoms with van der Waals surface area (Å²) < 4.78 is 3.79. The molecular formula is C22H28N8S. The summed E-state index contributed by atoms with van der Waals surface area (Å²) in [4.78, 5) is 16.5. The molecule has 162 valence electrons. The monoisotopic (exact) mass is 436 g/mol. The molecule has 0 bridgehead atoms. The third kappa shape index (κ3) is 3.30. The molecule has 0 amide bonds. The summed E-state index contributed by atoms with van der Waals surface area (Å²) in [6.07, 6.45) is 13.9. The molecule has 31 heavy (non-hydrogen) atoms. The number of rotatable bonds is 4. The minimum Gasteiger partial charge on any atom is -0.348 e. The van der Waals surface area contributed by atoms with Crippen LogP contribution in [0.1, 0.15) is 54.6 Å². The Balaban J connectivity index is 1.39. The van der Waals surface area contributed by atoms with E-state index in [-0.39, 0.29) is 0 Å². The predicted molar refractivity (Wildman–Crippen MR) is 122 cm³/mol. The summed E-state index contributed by atoms with van der Waals surface area (Å²) in [6.45, 7) is 2.03. The van der Waals surface area contributed by atoms with Gasteiger partial charge in [-0.05, 0) is 25.7 Å². The Morgan fingerprint density at radius 1 is 0.871 bits per heavy atom. The van der Waals surface area contributed by atoms with Gasteiger partial charge in [-0.3, -0.25) is 9.36 Å². The van der Waals surface area contributed by atoms with Gasteiger partial charge in [0.1, 0.15) is 5.82 Å². The SMILES string of the molecule is Cn1cc(C2CCCN2c2nc3c(c(N4CCCC4c4cnn(C)c4)n2)SCC3)cn1. The summed E-state index contributed by atoms with van der Waals surface area (Å²) in [5.74, 6) is 3.11. The highest BCUT2D eigenvalue weighted by atomic mass is 32.2. The minimum atomic E-state index is 0.307. The molecule has 0 saturated carbocycles. The molecule has 2 saturated heterocycles. The van der Waals surface area contributed by atoms with Crippen LogP contribution in [0.15, 0.2) is 29.7 Å². The van der Waals surface area contributed by atoms with Crippen LogP contribution in [0.3, 0.4) is 0 Å². The van der Waals surface area contributed by atoms with Crippen LogP contribution in [0.25, 0.3) is 0 Å². The standard InChI is InChI=1S/C22H28N8S/c1-27-13-15(11-23-27)18-5-3-8-29(18)21-20-17(7-10-31-20)25-22(26-21)30-9-4-6-19(30)16-12-24-28(2)14-16/h11-14,18-19H,3-10H2,1-2H3. The summed E-state index contributed by atoms with van der Waals surface area (Å²) >= 11 is 1.92. The topological polar surface area (TPSA) is 67.9 Å². The van der Waals surface area contributed by atoms with Gasteiger partial charge in [0.2, 0.25) is 5.95 Å². The molecule has 6 rings (SSSR count). The average Bonchev–Trinajstić information content (AvgIpc) is 3.56. The molecule has 0 aromatic carbocycles. The van der Waals surface area contributed by atoms with Crippen molar-refractivity contribution >= 4 is 23.5 Å². The molecule has 2 unspecified atom stereocenters. The molecule has 2 fully saturated rings. The number of anilines is 2. The molecule has 3 aromatic rings. The maximum Gasteiger partial charge on any atom is 0.228 e. The average molecular weight is 437 g/mol. The van der Waals surface area contributed by atoms with E-state index >= 15 is 0 Å². The van der Waals surface area contributed by atoms with Crippen molar-refractivity contribution in [3.8, 4) is 0 Å². The smallest absolute Gasteiger partial charge is 0.228 e. The van der Waals surface area contributed by atoms with Crippen LogP contribution < -0.4 is 9.80 Å². The van der Waals surface area contributed by atoms with E-state index < -0.39 is 0 Å². The number of fused-ring (bicyclic) bond motifs is 1. The highest BCUT2D eigenvalue weighted by Gasteiger charge is 2.35. The second-order valence-electron chi connectivity index (χ2n) is 8.82. The van der Waals surface area contributed by atoms with Crippen molar-refractivity contribution in [2.24, 2.45) is 14.1 Å². The second-order valence-corrected chi connectivity index (χ2v) is 9.92. The fourth-order valence-electron chi connectivity index (χ4n) is 5.31. The zero-order chi connectivity index (χ0) is 20.9. The van der Waals surface area contributed by atoms with E-state index in [1.807, 2.05) is 47.6 Å². The van der Waals surface area contributed by atoms with Crippen molar-refractivity contribution in [3.05, 3.63) is 41.6 Å². The lowest BCUT2D eigenvalue weighted by atomic mass is 10.1. The third-order valence-corrected chi connectivity index (χ3v) is 7.86. The second kappa shape index (κ2) is 7.55. The molecule has 0 N–H and O–H groups in total. The molecule has 3 aliphatic heterocycles. The molecule has 9 heteroatoms. The first-order valence-electron chi connectivity index (χ1n) is 11.2. The van der Waals surface area contributed by atoms with E-state index in [9.17, 15) is 0 Å². The Morgan fingerprint density at radius 2 is 1.52 bits per heavy atom. The van der Waals surface area contributed by atoms with Crippen LogP contribution in [0.5, 0.6) is 0 Å². The van der Waals surface area contributed by atoms with Gasteiger partial charge in [0.05, 0.1) is 35.1 Å². The van der Waals surface area contributed by atoms with E-state index in [1.54, 1.807) is 0 Å². The lowest BCUT2D eigenvalue weighted by Gasteiger charge is -2.29. The van der Waals surface area contributed by atoms with Crippen LogP contribution >= 0.6 is 11.8 Å². The van der Waals surface area contributed by atoms with E-state index in [4.69, 9.17) is 9.97 Å². The maximum atomic E-state index is 5.24. The molecule has 3 aromatic heterocycles. The molecule has 8 nitrogen and oxygen atoms in total. The Kier molecular flexibility index (Phi) is 4.66. The van der Waals surface area contributed by atoms with Gasteiger partial charge in [0.25, 0.3) is 0 Å². The summed E-state index contributed by atoms with van der Waals surface area (Å²) in [5.41, 5.74) is 3.76. The lowest BCUT2D eigenvalue weighted by molar-refractivity contribution is 0.678. The van der Waals surface area contributed by atoms with E-state index in [2.05, 4.69) is 32.4 Å². The summed E-state index contributed by atoms with van der Waals surface area (Å²) in [7, 11) is 3.97. The zero-order valence-corrected chi connectivity index (χ0v) is 18.9. The highest BCUT2D eigenvalue weighted by molar-refractivity contribution is 7.99. The van der Waals surface area contributed by atoms with Gasteiger partial charge >= 0.3 is 0 Å². The van der Waals surface area contributed by atoms with Crippen LogP contribution in [-0.2, 0) is 20.5 Å². The largest absolute Gasteiger partial charge is 0.348 e. The van der Waals surface area contributed by atoms with Crippen molar-refractivity contribution in [2.45, 2.75) is 49.1 Å². The minimum absolute atomic E-state index is 0.307. The molecular weight excluding hydrogens is 408 g/mol. The predicted octanol–water partition coefficient (Wildman–Crippen LogP) is 3.27. The normalized spacial score (nSPS) is 23.2. The van der Waals surface area contributed by atoms with Crippen LogP contribution in [0.4, 0.5) is 11.8 Å². The molecule has 3 aliphatic rings. The van der Waals surface area contributed by atoms with Gasteiger partial charge in [0.15, 0.2) is 0 Å². The quantitative estimate of drug-likeness (QED) is 0.622. The van der Waals surface area contributed by atoms with Gasteiger partial charge in [-0.1, -0.05) is 0 Å². The van der Waals surface area contributed by atoms with Crippen LogP contribution in [-0.4, -0.2) is 48.4 Å². The van der Waals surface area contributed by atoms with E-state index in [1.165, 1.54) is 28.1 Å². The van der Waals surface area contributed by atoms with Gasteiger partial charge in [-0.25, -0.2) is 4.98 Å². The lowest BCUT2D eigenvalue weighted by Crippen LogP contribution is -2.28. The summed E-state index contributed by atoms with van der Waals surface area (Å²) in [5, 5.41) is 8.83. The molecule has 0 radical (unpaired) electrons. The van der Waals surface area contributed by atoms with Crippen LogP contribution in [0.2, 0.25) is 0 Å². The zero-order valence-electron chi connectivity index (χ0n) is 18.1. The van der Waals surface area contributed by atoms with Gasteiger partial charge in [-0.2, -0.15) is 15.2 Å². The first kappa shape index (κ1) is 19.2. The van der Waals surface area contributed by atoms with Crippen molar-refractivity contribution in [1.82, 2.24) is 29.5 Å². The van der Waals surface area contributed by atoms with Crippen molar-refractivity contribution in [2.75, 3.05) is 28.6 Å². The Hall–Kier alpha value is -2.55. The Morgan fingerprint density at radius 3 is 2.16 bits per heavy atom. The van der Waals surface area contributed by atoms with Gasteiger partial charge in [-0.15, -0.1) is 11.8 Å². The molecule has 2 atom stereocenters. The molecule has 0 aliphatic carbocycles. The fraction of sp³-hybridized carbons (Fsp3) is 0.545. The van der Waals surface area contributed by atoms with E-state index in [0.717, 1.165) is 56.3 Å². The maximum absolute atomic E-state index is 5.24. The first-order chi connectivity index (χ1) is 15.2. The number of nitrogens with zero attached hydrogens (tertiary/aromatic N) is 8. The summed E-state index contributed by atoms with van der Waals surface area (Å²) in [6, 6.07) is 0.649. The number of aryl methyl sites for hydroxylation is 3. The number of hydrogen-bond donors (Lipinski definition) is 0.